The molecular formula is C12H12F2N2O2. The van der Waals surface area contributed by atoms with Crippen molar-refractivity contribution in [3.63, 3.8) is 0 Å². The summed E-state index contributed by atoms with van der Waals surface area (Å²) in [6, 6.07) is 2.77. The van der Waals surface area contributed by atoms with Crippen LogP contribution in [-0.4, -0.2) is 25.3 Å². The molecule has 1 aromatic carbocycles. The van der Waals surface area contributed by atoms with Gasteiger partial charge in [0.25, 0.3) is 0 Å². The molecule has 1 N–H and O–H groups in total. The second-order valence-electron chi connectivity index (χ2n) is 4.44. The zero-order valence-electron chi connectivity index (χ0n) is 9.58. The number of hydrogen-bond donors (Lipinski definition) is 1. The van der Waals surface area contributed by atoms with E-state index in [1.54, 1.807) is 0 Å². The van der Waals surface area contributed by atoms with Crippen LogP contribution in [0.25, 0.3) is 0 Å². The van der Waals surface area contributed by atoms with Gasteiger partial charge in [0, 0.05) is 6.04 Å². The first-order valence-electron chi connectivity index (χ1n) is 5.85. The summed E-state index contributed by atoms with van der Waals surface area (Å²) in [5.74, 6) is -1.49. The fourth-order valence-electron chi connectivity index (χ4n) is 1.94. The van der Waals surface area contributed by atoms with Crippen LogP contribution in [0, 0.1) is 11.6 Å². The van der Waals surface area contributed by atoms with Crippen LogP contribution in [-0.2, 0) is 4.74 Å². The van der Waals surface area contributed by atoms with E-state index in [0.29, 0.717) is 0 Å². The molecule has 3 rings (SSSR count). The van der Waals surface area contributed by atoms with Gasteiger partial charge in [-0.05, 0) is 25.0 Å². The summed E-state index contributed by atoms with van der Waals surface area (Å²) in [4.78, 5) is 12.4. The van der Waals surface area contributed by atoms with E-state index in [9.17, 15) is 13.6 Å². The number of hydrogen-bond acceptors (Lipinski definition) is 3. The Hall–Kier alpha value is -1.85. The molecule has 4 nitrogen and oxygen atoms in total. The molecule has 6 heteroatoms. The zero-order valence-corrected chi connectivity index (χ0v) is 9.58. The van der Waals surface area contributed by atoms with Gasteiger partial charge in [-0.2, -0.15) is 0 Å². The van der Waals surface area contributed by atoms with Crippen molar-refractivity contribution in [3.05, 3.63) is 23.8 Å². The van der Waals surface area contributed by atoms with Crippen LogP contribution in [0.3, 0.4) is 0 Å². The average molecular weight is 254 g/mol. The molecule has 1 amide bonds. The maximum Gasteiger partial charge on any atom is 0.414 e. The van der Waals surface area contributed by atoms with E-state index in [-0.39, 0.29) is 30.6 Å². The molecule has 0 atom stereocenters. The number of amides is 1. The molecule has 0 bridgehead atoms. The lowest BCUT2D eigenvalue weighted by Gasteiger charge is -2.17. The van der Waals surface area contributed by atoms with Gasteiger partial charge in [0.05, 0.1) is 12.2 Å². The summed E-state index contributed by atoms with van der Waals surface area (Å²) in [5, 5.41) is 2.97. The van der Waals surface area contributed by atoms with Gasteiger partial charge in [-0.15, -0.1) is 0 Å². The largest absolute Gasteiger partial charge is 0.447 e. The summed E-state index contributed by atoms with van der Waals surface area (Å²) in [7, 11) is 0. The van der Waals surface area contributed by atoms with E-state index < -0.39 is 17.7 Å². The molecular weight excluding hydrogens is 242 g/mol. The molecule has 0 spiro atoms. The lowest BCUT2D eigenvalue weighted by Crippen LogP contribution is -2.26. The van der Waals surface area contributed by atoms with Gasteiger partial charge in [-0.25, -0.2) is 13.6 Å². The Morgan fingerprint density at radius 2 is 2.11 bits per heavy atom. The fraction of sp³-hybridized carbons (Fsp3) is 0.417. The number of carbonyl (C=O) groups excluding carboxylic acids is 1. The number of rotatable bonds is 3. The minimum absolute atomic E-state index is 0.151. The number of nitrogens with zero attached hydrogens (tertiary/aromatic N) is 1. The molecule has 1 saturated heterocycles. The monoisotopic (exact) mass is 254 g/mol. The normalized spacial score (nSPS) is 19.0. The summed E-state index contributed by atoms with van der Waals surface area (Å²) >= 11 is 0. The van der Waals surface area contributed by atoms with E-state index >= 15 is 0 Å². The van der Waals surface area contributed by atoms with Crippen LogP contribution in [0.2, 0.25) is 0 Å². The Morgan fingerprint density at radius 1 is 1.33 bits per heavy atom. The SMILES string of the molecule is O=C1OCCN1c1c(F)ccc(NC2CC2)c1F. The van der Waals surface area contributed by atoms with E-state index in [1.807, 2.05) is 0 Å². The van der Waals surface area contributed by atoms with Gasteiger partial charge in [0.2, 0.25) is 0 Å². The first-order chi connectivity index (χ1) is 8.66. The van der Waals surface area contributed by atoms with E-state index in [4.69, 9.17) is 4.74 Å². The van der Waals surface area contributed by atoms with E-state index in [1.165, 1.54) is 6.07 Å². The number of cyclic esters (lactones) is 1. The third-order valence-electron chi connectivity index (χ3n) is 3.03. The molecule has 1 aromatic rings. The smallest absolute Gasteiger partial charge is 0.414 e. The molecule has 2 fully saturated rings. The fourth-order valence-corrected chi connectivity index (χ4v) is 1.94. The third-order valence-corrected chi connectivity index (χ3v) is 3.03. The van der Waals surface area contributed by atoms with Gasteiger partial charge in [-0.1, -0.05) is 0 Å². The predicted octanol–water partition coefficient (Wildman–Crippen LogP) is 2.50. The highest BCUT2D eigenvalue weighted by Gasteiger charge is 2.31. The van der Waals surface area contributed by atoms with Crippen molar-refractivity contribution in [2.75, 3.05) is 23.4 Å². The topological polar surface area (TPSA) is 41.6 Å². The van der Waals surface area contributed by atoms with Crippen LogP contribution in [0.5, 0.6) is 0 Å². The number of nitrogens with one attached hydrogen (secondary N) is 1. The van der Waals surface area contributed by atoms with Gasteiger partial charge in [0.1, 0.15) is 18.1 Å². The highest BCUT2D eigenvalue weighted by molar-refractivity contribution is 5.90. The van der Waals surface area contributed by atoms with Gasteiger partial charge in [-0.3, -0.25) is 4.90 Å². The van der Waals surface area contributed by atoms with Crippen molar-refractivity contribution in [2.24, 2.45) is 0 Å². The molecule has 96 valence electrons. The highest BCUT2D eigenvalue weighted by atomic mass is 19.1. The van der Waals surface area contributed by atoms with Crippen molar-refractivity contribution >= 4 is 17.5 Å². The second-order valence-corrected chi connectivity index (χ2v) is 4.44. The first kappa shape index (κ1) is 11.3. The molecule has 18 heavy (non-hydrogen) atoms. The lowest BCUT2D eigenvalue weighted by molar-refractivity contribution is 0.181. The Morgan fingerprint density at radius 3 is 2.72 bits per heavy atom. The molecule has 1 heterocycles. The second kappa shape index (κ2) is 4.12. The number of halogens is 2. The molecule has 1 saturated carbocycles. The molecule has 1 aliphatic heterocycles. The van der Waals surface area contributed by atoms with E-state index in [2.05, 4.69) is 5.32 Å². The highest BCUT2D eigenvalue weighted by Crippen LogP contribution is 2.33. The first-order valence-corrected chi connectivity index (χ1v) is 5.85. The predicted molar refractivity (Wildman–Crippen MR) is 61.7 cm³/mol. The van der Waals surface area contributed by atoms with Crippen molar-refractivity contribution < 1.29 is 18.3 Å². The zero-order chi connectivity index (χ0) is 12.7. The maximum atomic E-state index is 14.2. The number of benzene rings is 1. The van der Waals surface area contributed by atoms with Crippen LogP contribution < -0.4 is 10.2 Å². The third kappa shape index (κ3) is 1.87. The Labute approximate surface area is 103 Å². The molecule has 0 unspecified atom stereocenters. The van der Waals surface area contributed by atoms with Crippen molar-refractivity contribution in [1.82, 2.24) is 0 Å². The minimum atomic E-state index is -0.757. The summed E-state index contributed by atoms with van der Waals surface area (Å²) < 4.78 is 32.6. The number of carbonyl (C=O) groups is 1. The van der Waals surface area contributed by atoms with Crippen molar-refractivity contribution in [2.45, 2.75) is 18.9 Å². The van der Waals surface area contributed by atoms with Crippen LogP contribution in [0.4, 0.5) is 25.0 Å². The average Bonchev–Trinajstić information content (AvgIpc) is 3.06. The quantitative estimate of drug-likeness (QED) is 0.901. The number of ether oxygens (including phenoxy) is 1. The van der Waals surface area contributed by atoms with Gasteiger partial charge >= 0.3 is 6.09 Å². The van der Waals surface area contributed by atoms with E-state index in [0.717, 1.165) is 23.8 Å². The van der Waals surface area contributed by atoms with Crippen LogP contribution >= 0.6 is 0 Å². The standard InChI is InChI=1S/C12H12F2N2O2/c13-8-3-4-9(15-7-1-2-7)10(14)11(8)16-5-6-18-12(16)17/h3-4,7,15H,1-2,5-6H2. The minimum Gasteiger partial charge on any atom is -0.447 e. The summed E-state index contributed by atoms with van der Waals surface area (Å²) in [5.41, 5.74) is -0.100. The Balaban J connectivity index is 1.97. The van der Waals surface area contributed by atoms with Crippen molar-refractivity contribution in [1.29, 1.82) is 0 Å². The molecule has 2 aliphatic rings. The molecule has 1 aliphatic carbocycles. The van der Waals surface area contributed by atoms with Gasteiger partial charge < -0.3 is 10.1 Å². The van der Waals surface area contributed by atoms with Crippen LogP contribution in [0.15, 0.2) is 12.1 Å². The van der Waals surface area contributed by atoms with Crippen LogP contribution in [0.1, 0.15) is 12.8 Å². The number of anilines is 2. The maximum absolute atomic E-state index is 14.2. The summed E-state index contributed by atoms with van der Waals surface area (Å²) in [6.45, 7) is 0.317. The lowest BCUT2D eigenvalue weighted by atomic mass is 10.2. The Bertz CT molecular complexity index is 503. The molecule has 0 radical (unpaired) electrons. The van der Waals surface area contributed by atoms with Gasteiger partial charge in [0.15, 0.2) is 5.82 Å². The Kier molecular flexibility index (Phi) is 2.57. The van der Waals surface area contributed by atoms with Crippen molar-refractivity contribution in [3.8, 4) is 0 Å². The summed E-state index contributed by atoms with van der Waals surface area (Å²) in [6.07, 6.45) is 1.26. The molecule has 0 aromatic heterocycles.